The van der Waals surface area contributed by atoms with Gasteiger partial charge in [0.05, 0.1) is 25.6 Å². The molecule has 10 aromatic rings. The van der Waals surface area contributed by atoms with E-state index >= 15 is 0 Å². The van der Waals surface area contributed by atoms with Crippen molar-refractivity contribution in [3.63, 3.8) is 0 Å². The molecule has 0 atom stereocenters. The summed E-state index contributed by atoms with van der Waals surface area (Å²) in [4.78, 5) is 59.7. The first-order valence-corrected chi connectivity index (χ1v) is 19.1. The Morgan fingerprint density at radius 2 is 0.603 bits per heavy atom. The minimum Gasteiger partial charge on any atom is -0.497 e. The van der Waals surface area contributed by atoms with E-state index in [1.165, 1.54) is 9.80 Å². The van der Waals surface area contributed by atoms with Crippen molar-refractivity contribution in [2.75, 3.05) is 24.0 Å². The molecule has 0 aliphatic carbocycles. The first-order chi connectivity index (χ1) is 28.2. The third-order valence-electron chi connectivity index (χ3n) is 12.4. The molecule has 0 unspecified atom stereocenters. The van der Waals surface area contributed by atoms with Crippen LogP contribution in [0.1, 0.15) is 52.6 Å². The fourth-order valence-corrected chi connectivity index (χ4v) is 10.1. The van der Waals surface area contributed by atoms with Gasteiger partial charge < -0.3 is 9.47 Å². The van der Waals surface area contributed by atoms with E-state index in [0.29, 0.717) is 55.9 Å². The normalized spacial score (nSPS) is 14.3. The molecule has 2 aliphatic rings. The second-order valence-electron chi connectivity index (χ2n) is 15.5. The molecule has 8 heteroatoms. The van der Waals surface area contributed by atoms with Crippen molar-refractivity contribution < 1.29 is 28.7 Å². The molecule has 10 aromatic carbocycles. The van der Waals surface area contributed by atoms with Crippen LogP contribution in [0, 0.1) is 13.8 Å². The summed E-state index contributed by atoms with van der Waals surface area (Å²) in [6, 6.07) is 34.7. The summed E-state index contributed by atoms with van der Waals surface area (Å²) in [5, 5.41) is 13.1. The highest BCUT2D eigenvalue weighted by atomic mass is 16.5. The molecule has 0 N–H and O–H groups in total. The second kappa shape index (κ2) is 11.0. The third-order valence-corrected chi connectivity index (χ3v) is 12.4. The lowest BCUT2D eigenvalue weighted by atomic mass is 9.81. The van der Waals surface area contributed by atoms with Crippen molar-refractivity contribution in [1.29, 1.82) is 0 Å². The van der Waals surface area contributed by atoms with E-state index in [-0.39, 0.29) is 23.6 Å². The summed E-state index contributed by atoms with van der Waals surface area (Å²) in [7, 11) is 3.13. The number of hydrogen-bond donors (Lipinski definition) is 0. The molecule has 0 saturated heterocycles. The first-order valence-electron chi connectivity index (χ1n) is 19.1. The van der Waals surface area contributed by atoms with Crippen LogP contribution in [0.25, 0.3) is 75.4 Å². The van der Waals surface area contributed by atoms with Gasteiger partial charge in [-0.25, -0.2) is 9.80 Å². The van der Waals surface area contributed by atoms with Gasteiger partial charge in [-0.15, -0.1) is 0 Å². The Bertz CT molecular complexity index is 3200. The van der Waals surface area contributed by atoms with Crippen LogP contribution < -0.4 is 19.3 Å². The van der Waals surface area contributed by atoms with Crippen molar-refractivity contribution in [2.45, 2.75) is 13.8 Å². The van der Waals surface area contributed by atoms with Gasteiger partial charge in [0.2, 0.25) is 0 Å². The number of benzene rings is 10. The molecule has 12 rings (SSSR count). The van der Waals surface area contributed by atoms with Crippen molar-refractivity contribution in [2.24, 2.45) is 0 Å². The van der Waals surface area contributed by atoms with Crippen LogP contribution in [-0.2, 0) is 0 Å². The maximum Gasteiger partial charge on any atom is 0.265 e. The highest BCUT2D eigenvalue weighted by Crippen LogP contribution is 2.50. The number of imide groups is 2. The maximum absolute atomic E-state index is 14.3. The minimum atomic E-state index is -0.375. The van der Waals surface area contributed by atoms with Crippen LogP contribution in [-0.4, -0.2) is 37.8 Å². The summed E-state index contributed by atoms with van der Waals surface area (Å²) in [5.41, 5.74) is 4.58. The second-order valence-corrected chi connectivity index (χ2v) is 15.5. The SMILES string of the molecule is COc1cc(C)cc(N2C(=O)c3ccc4c5ccc6c7ccc8c9c(ccc(c%10ccc(c%11ccc(c3c4%11)C2=O)c5c6%10)c97)C(=O)N(c2cc(C)cc(OC)c2)C8=O)c1. The first kappa shape index (κ1) is 32.6. The predicted octanol–water partition coefficient (Wildman–Crippen LogP) is 10.9. The van der Waals surface area contributed by atoms with Gasteiger partial charge in [-0.2, -0.15) is 0 Å². The maximum atomic E-state index is 14.3. The van der Waals surface area contributed by atoms with Crippen LogP contribution in [0.4, 0.5) is 11.4 Å². The van der Waals surface area contributed by atoms with Crippen LogP contribution in [0.15, 0.2) is 109 Å². The van der Waals surface area contributed by atoms with E-state index in [4.69, 9.17) is 9.47 Å². The largest absolute Gasteiger partial charge is 0.497 e. The Hall–Kier alpha value is -7.58. The molecule has 8 nitrogen and oxygen atoms in total. The average molecular weight is 755 g/mol. The molecule has 0 aromatic heterocycles. The number of carbonyl (C=O) groups is 4. The number of rotatable bonds is 4. The molecule has 0 fully saturated rings. The molecular formula is C50H30N2O6. The lowest BCUT2D eigenvalue weighted by Gasteiger charge is -2.29. The van der Waals surface area contributed by atoms with Crippen molar-refractivity contribution in [3.8, 4) is 11.5 Å². The van der Waals surface area contributed by atoms with Crippen LogP contribution in [0.3, 0.4) is 0 Å². The van der Waals surface area contributed by atoms with Gasteiger partial charge in [-0.05, 0) is 138 Å². The van der Waals surface area contributed by atoms with Gasteiger partial charge in [0.25, 0.3) is 23.6 Å². The minimum absolute atomic E-state index is 0.375. The number of methoxy groups -OCH3 is 2. The van der Waals surface area contributed by atoms with Crippen molar-refractivity contribution in [1.82, 2.24) is 0 Å². The van der Waals surface area contributed by atoms with E-state index < -0.39 is 0 Å². The number of aryl methyl sites for hydroxylation is 2. The summed E-state index contributed by atoms with van der Waals surface area (Å²) < 4.78 is 11.0. The average Bonchev–Trinajstić information content (AvgIpc) is 3.23. The quantitative estimate of drug-likeness (QED) is 0.101. The standard InChI is InChI=1S/C50H30N2O6/c1-23-17-25(21-27(19-23)57-3)51-47(53)37-13-9-33-29-5-7-31-35-11-15-39-46-40(50(56)52(49(39)55)26-18-24(2)20-28(22-26)58-4)16-12-36(44(35)46)32-8-6-30(41(29)42(31)32)34-10-14-38(48(51)54)45(37)43(33)34/h5-22H,1-4H3. The van der Waals surface area contributed by atoms with E-state index in [2.05, 4.69) is 24.3 Å². The lowest BCUT2D eigenvalue weighted by Crippen LogP contribution is -2.40. The Morgan fingerprint density at radius 1 is 0.345 bits per heavy atom. The molecule has 0 spiro atoms. The summed E-state index contributed by atoms with van der Waals surface area (Å²) in [6.07, 6.45) is 0. The molecule has 0 radical (unpaired) electrons. The molecule has 0 saturated carbocycles. The van der Waals surface area contributed by atoms with Gasteiger partial charge in [0.15, 0.2) is 0 Å². The number of ether oxygens (including phenoxy) is 2. The molecule has 4 amide bonds. The Kier molecular flexibility index (Phi) is 6.22. The predicted molar refractivity (Wildman–Crippen MR) is 229 cm³/mol. The summed E-state index contributed by atoms with van der Waals surface area (Å²) >= 11 is 0. The highest BCUT2D eigenvalue weighted by Gasteiger charge is 2.38. The Morgan fingerprint density at radius 3 is 0.879 bits per heavy atom. The number of anilines is 2. The molecule has 2 aliphatic heterocycles. The molecule has 58 heavy (non-hydrogen) atoms. The zero-order valence-corrected chi connectivity index (χ0v) is 31.7. The van der Waals surface area contributed by atoms with Gasteiger partial charge >= 0.3 is 0 Å². The fourth-order valence-electron chi connectivity index (χ4n) is 10.1. The monoisotopic (exact) mass is 754 g/mol. The van der Waals surface area contributed by atoms with Crippen LogP contribution in [0.2, 0.25) is 0 Å². The Labute approximate surface area is 330 Å². The summed E-state index contributed by atoms with van der Waals surface area (Å²) in [6.45, 7) is 3.81. The number of fused-ring (bicyclic) bond motifs is 4. The molecular weight excluding hydrogens is 725 g/mol. The number of carbonyl (C=O) groups excluding carboxylic acids is 4. The number of hydrogen-bond acceptors (Lipinski definition) is 6. The van der Waals surface area contributed by atoms with E-state index in [0.717, 1.165) is 75.8 Å². The van der Waals surface area contributed by atoms with E-state index in [1.54, 1.807) is 26.4 Å². The topological polar surface area (TPSA) is 93.2 Å². The zero-order chi connectivity index (χ0) is 39.5. The smallest absolute Gasteiger partial charge is 0.265 e. The number of nitrogens with zero attached hydrogens (tertiary/aromatic N) is 2. The van der Waals surface area contributed by atoms with E-state index in [1.807, 2.05) is 86.6 Å². The number of amides is 4. The highest BCUT2D eigenvalue weighted by molar-refractivity contribution is 6.47. The van der Waals surface area contributed by atoms with Gasteiger partial charge in [0.1, 0.15) is 11.5 Å². The van der Waals surface area contributed by atoms with Crippen LogP contribution >= 0.6 is 0 Å². The molecule has 276 valence electrons. The molecule has 2 heterocycles. The van der Waals surface area contributed by atoms with Gasteiger partial charge in [0, 0.05) is 45.2 Å². The van der Waals surface area contributed by atoms with Crippen LogP contribution in [0.5, 0.6) is 11.5 Å². The third kappa shape index (κ3) is 3.93. The summed E-state index contributed by atoms with van der Waals surface area (Å²) in [5.74, 6) is -0.362. The zero-order valence-electron chi connectivity index (χ0n) is 31.7. The van der Waals surface area contributed by atoms with Gasteiger partial charge in [-0.3, -0.25) is 19.2 Å². The molecule has 0 bridgehead atoms. The van der Waals surface area contributed by atoms with Crippen molar-refractivity contribution in [3.05, 3.63) is 143 Å². The lowest BCUT2D eigenvalue weighted by molar-refractivity contribution is 0.0877. The fraction of sp³-hybridized carbons (Fsp3) is 0.0800. The van der Waals surface area contributed by atoms with E-state index in [9.17, 15) is 19.2 Å². The Balaban J connectivity index is 1.10. The van der Waals surface area contributed by atoms with Gasteiger partial charge in [-0.1, -0.05) is 48.5 Å². The van der Waals surface area contributed by atoms with Crippen molar-refractivity contribution >= 4 is 110 Å².